The van der Waals surface area contributed by atoms with Crippen molar-refractivity contribution in [3.05, 3.63) is 0 Å². The summed E-state index contributed by atoms with van der Waals surface area (Å²) in [6.45, 7) is -0.526. The third kappa shape index (κ3) is 1.58. The second kappa shape index (κ2) is 3.65. The van der Waals surface area contributed by atoms with Gasteiger partial charge in [0, 0.05) is 0 Å². The topological polar surface area (TPSA) is 110 Å². The van der Waals surface area contributed by atoms with Crippen LogP contribution in [0.4, 0.5) is 0 Å². The van der Waals surface area contributed by atoms with Gasteiger partial charge in [-0.3, -0.25) is 0 Å². The van der Waals surface area contributed by atoms with E-state index < -0.39 is 37.3 Å². The summed E-state index contributed by atoms with van der Waals surface area (Å²) < 4.78 is 4.58. The van der Waals surface area contributed by atoms with Gasteiger partial charge in [-0.05, 0) is 0 Å². The van der Waals surface area contributed by atoms with Crippen LogP contribution in [-0.2, 0) is 4.74 Å². The van der Waals surface area contributed by atoms with Crippen LogP contribution >= 0.6 is 0 Å². The molecule has 5 atom stereocenters. The first-order valence-corrected chi connectivity index (χ1v) is 3.56. The van der Waals surface area contributed by atoms with Crippen molar-refractivity contribution in [2.24, 2.45) is 0 Å². The molecule has 1 rings (SSSR count). The van der Waals surface area contributed by atoms with Gasteiger partial charge in [-0.25, -0.2) is 0 Å². The molecule has 1 aliphatic rings. The average Bonchev–Trinajstić information content (AvgIpc) is 2.08. The first-order valence-electron chi connectivity index (χ1n) is 3.56. The fourth-order valence-electron chi connectivity index (χ4n) is 1.08. The van der Waals surface area contributed by atoms with Gasteiger partial charge in [0.2, 0.25) is 0 Å². The first kappa shape index (κ1) is 9.85. The van der Waals surface area contributed by atoms with Crippen molar-refractivity contribution in [3.8, 4) is 0 Å². The Hall–Kier alpha value is -0.240. The zero-order chi connectivity index (χ0) is 9.30. The van der Waals surface area contributed by atoms with Crippen molar-refractivity contribution in [1.29, 1.82) is 0 Å². The van der Waals surface area contributed by atoms with E-state index in [4.69, 9.17) is 25.5 Å². The van der Waals surface area contributed by atoms with Crippen molar-refractivity contribution in [1.82, 2.24) is 0 Å². The van der Waals surface area contributed by atoms with E-state index in [1.165, 1.54) is 0 Å². The van der Waals surface area contributed by atoms with E-state index in [-0.39, 0.29) is 0 Å². The lowest BCUT2D eigenvalue weighted by atomic mass is 10.00. The summed E-state index contributed by atoms with van der Waals surface area (Å²) in [6.07, 6.45) is -7.04. The summed E-state index contributed by atoms with van der Waals surface area (Å²) in [5.41, 5.74) is 0. The van der Waals surface area contributed by atoms with Gasteiger partial charge in [0.25, 0.3) is 0 Å². The molecule has 6 nitrogen and oxygen atoms in total. The number of ether oxygens (including phenoxy) is 1. The van der Waals surface area contributed by atoms with Gasteiger partial charge in [-0.1, -0.05) is 0 Å². The highest BCUT2D eigenvalue weighted by molar-refractivity contribution is 4.87. The molecule has 1 heterocycles. The SMILES string of the molecule is OC[C@H]1O[C@@H](O)[C@H](O)[C@H](O)[C@H]1O. The zero-order valence-electron chi connectivity index (χ0n) is 6.24. The largest absolute Gasteiger partial charge is 0.394 e. The molecule has 12 heavy (non-hydrogen) atoms. The summed E-state index contributed by atoms with van der Waals surface area (Å²) in [5, 5.41) is 44.7. The normalized spacial score (nSPS) is 49.2. The van der Waals surface area contributed by atoms with E-state index in [1.807, 2.05) is 0 Å². The molecule has 0 aliphatic carbocycles. The van der Waals surface area contributed by atoms with Crippen LogP contribution in [0.15, 0.2) is 0 Å². The Kier molecular flexibility index (Phi) is 2.99. The Morgan fingerprint density at radius 2 is 1.50 bits per heavy atom. The van der Waals surface area contributed by atoms with E-state index in [1.54, 1.807) is 0 Å². The maximum atomic E-state index is 9.12. The lowest BCUT2D eigenvalue weighted by molar-refractivity contribution is -0.286. The standard InChI is InChI=1S/C6H12O6/c7-1-2-3(8)4(9)5(10)6(11)12-2/h2-11H,1H2/t2-,3+,4-,5-,6-/m1/s1. The zero-order valence-corrected chi connectivity index (χ0v) is 6.24. The van der Waals surface area contributed by atoms with Crippen LogP contribution in [0.25, 0.3) is 0 Å². The quantitative estimate of drug-likeness (QED) is 0.290. The molecule has 0 aromatic heterocycles. The van der Waals surface area contributed by atoms with E-state index >= 15 is 0 Å². The number of rotatable bonds is 1. The second-order valence-electron chi connectivity index (χ2n) is 2.72. The highest BCUT2D eigenvalue weighted by Crippen LogP contribution is 2.18. The van der Waals surface area contributed by atoms with E-state index in [0.29, 0.717) is 0 Å². The minimum Gasteiger partial charge on any atom is -0.394 e. The molecular formula is C6H12O6. The molecule has 0 saturated carbocycles. The van der Waals surface area contributed by atoms with Gasteiger partial charge in [0.15, 0.2) is 6.29 Å². The fourth-order valence-corrected chi connectivity index (χ4v) is 1.08. The molecule has 0 aromatic rings. The van der Waals surface area contributed by atoms with Crippen LogP contribution < -0.4 is 0 Å². The first-order chi connectivity index (χ1) is 5.57. The minimum absolute atomic E-state index is 0.526. The van der Waals surface area contributed by atoms with Crippen LogP contribution in [0.1, 0.15) is 0 Å². The number of aliphatic hydroxyl groups is 5. The number of aliphatic hydroxyl groups excluding tert-OH is 5. The Morgan fingerprint density at radius 3 is 2.00 bits per heavy atom. The average molecular weight is 180 g/mol. The molecule has 0 spiro atoms. The molecule has 0 amide bonds. The highest BCUT2D eigenvalue weighted by atomic mass is 16.6. The Balaban J connectivity index is 2.63. The lowest BCUT2D eigenvalue weighted by Gasteiger charge is -2.37. The molecule has 1 fully saturated rings. The van der Waals surface area contributed by atoms with E-state index in [0.717, 1.165) is 0 Å². The molecule has 6 heteroatoms. The van der Waals surface area contributed by atoms with Crippen LogP contribution in [0.2, 0.25) is 0 Å². The number of hydrogen-bond donors (Lipinski definition) is 5. The van der Waals surface area contributed by atoms with Gasteiger partial charge < -0.3 is 30.3 Å². The van der Waals surface area contributed by atoms with Gasteiger partial charge in [-0.2, -0.15) is 0 Å². The second-order valence-corrected chi connectivity index (χ2v) is 2.72. The van der Waals surface area contributed by atoms with Gasteiger partial charge in [-0.15, -0.1) is 0 Å². The molecule has 0 bridgehead atoms. The van der Waals surface area contributed by atoms with Crippen molar-refractivity contribution < 1.29 is 30.3 Å². The van der Waals surface area contributed by atoms with E-state index in [2.05, 4.69) is 4.74 Å². The maximum absolute atomic E-state index is 9.12. The molecule has 0 aromatic carbocycles. The summed E-state index contributed by atoms with van der Waals surface area (Å²) in [4.78, 5) is 0. The third-order valence-corrected chi connectivity index (χ3v) is 1.87. The van der Waals surface area contributed by atoms with E-state index in [9.17, 15) is 0 Å². The summed E-state index contributed by atoms with van der Waals surface area (Å²) >= 11 is 0. The summed E-state index contributed by atoms with van der Waals surface area (Å²) in [6, 6.07) is 0. The predicted octanol–water partition coefficient (Wildman–Crippen LogP) is -3.22. The smallest absolute Gasteiger partial charge is 0.184 e. The van der Waals surface area contributed by atoms with Crippen LogP contribution in [0.5, 0.6) is 0 Å². The summed E-state index contributed by atoms with van der Waals surface area (Å²) in [5.74, 6) is 0. The number of hydrogen-bond acceptors (Lipinski definition) is 6. The monoisotopic (exact) mass is 180 g/mol. The maximum Gasteiger partial charge on any atom is 0.184 e. The van der Waals surface area contributed by atoms with Gasteiger partial charge in [0.05, 0.1) is 6.61 Å². The molecule has 1 saturated heterocycles. The molecule has 72 valence electrons. The fraction of sp³-hybridized carbons (Fsp3) is 1.00. The Bertz CT molecular complexity index is 146. The third-order valence-electron chi connectivity index (χ3n) is 1.87. The molecule has 1 aliphatic heterocycles. The van der Waals surface area contributed by atoms with Crippen molar-refractivity contribution in [2.45, 2.75) is 30.7 Å². The van der Waals surface area contributed by atoms with Gasteiger partial charge >= 0.3 is 0 Å². The predicted molar refractivity (Wildman–Crippen MR) is 36.0 cm³/mol. The van der Waals surface area contributed by atoms with Crippen LogP contribution in [0.3, 0.4) is 0 Å². The highest BCUT2D eigenvalue weighted by Gasteiger charge is 2.42. The molecule has 0 unspecified atom stereocenters. The van der Waals surface area contributed by atoms with Crippen LogP contribution in [0, 0.1) is 0 Å². The minimum atomic E-state index is -1.57. The lowest BCUT2D eigenvalue weighted by Crippen LogP contribution is -2.58. The molecule has 5 N–H and O–H groups in total. The van der Waals surface area contributed by atoms with Crippen molar-refractivity contribution in [3.63, 3.8) is 0 Å². The Labute approximate surface area is 68.6 Å². The van der Waals surface area contributed by atoms with Crippen molar-refractivity contribution in [2.75, 3.05) is 6.61 Å². The van der Waals surface area contributed by atoms with Gasteiger partial charge in [0.1, 0.15) is 24.4 Å². The molecular weight excluding hydrogens is 168 g/mol. The van der Waals surface area contributed by atoms with Crippen LogP contribution in [-0.4, -0.2) is 62.8 Å². The Morgan fingerprint density at radius 1 is 0.917 bits per heavy atom. The van der Waals surface area contributed by atoms with Crippen molar-refractivity contribution >= 4 is 0 Å². The summed E-state index contributed by atoms with van der Waals surface area (Å²) in [7, 11) is 0. The molecule has 0 radical (unpaired) electrons.